The zero-order chi connectivity index (χ0) is 26.3. The number of carbonyl (C=O) groups excluding carboxylic acids is 2. The van der Waals surface area contributed by atoms with Crippen LogP contribution in [0.5, 0.6) is 0 Å². The Morgan fingerprint density at radius 3 is 2.19 bits per heavy atom. The number of nitrogens with one attached hydrogen (secondary N) is 1. The minimum atomic E-state index is -4.24. The molecule has 3 aromatic rings. The molecule has 0 saturated heterocycles. The lowest BCUT2D eigenvalue weighted by Crippen LogP contribution is -2.51. The van der Waals surface area contributed by atoms with E-state index >= 15 is 0 Å². The van der Waals surface area contributed by atoms with E-state index in [1.165, 1.54) is 23.1 Å². The Balaban J connectivity index is 2.03. The number of halogens is 2. The van der Waals surface area contributed by atoms with Crippen molar-refractivity contribution in [1.29, 1.82) is 0 Å². The van der Waals surface area contributed by atoms with E-state index in [1.54, 1.807) is 44.2 Å². The SMILES string of the molecule is CCNC(=O)C(C)N(Cc1ccccc1)C(=O)CN(c1ccc(F)c(Cl)c1)S(=O)(=O)c1ccccc1. The number of sulfonamides is 1. The van der Waals surface area contributed by atoms with Crippen molar-refractivity contribution < 1.29 is 22.4 Å². The third-order valence-corrected chi connectivity index (χ3v) is 7.59. The quantitative estimate of drug-likeness (QED) is 0.424. The summed E-state index contributed by atoms with van der Waals surface area (Å²) in [6.45, 7) is 3.17. The third-order valence-electron chi connectivity index (χ3n) is 5.52. The molecule has 0 aliphatic heterocycles. The second-order valence-corrected chi connectivity index (χ2v) is 10.3. The van der Waals surface area contributed by atoms with Crippen LogP contribution in [0.1, 0.15) is 19.4 Å². The number of benzene rings is 3. The summed E-state index contributed by atoms with van der Waals surface area (Å²) >= 11 is 5.94. The molecule has 3 aromatic carbocycles. The van der Waals surface area contributed by atoms with Gasteiger partial charge in [-0.25, -0.2) is 12.8 Å². The number of nitrogens with zero attached hydrogens (tertiary/aromatic N) is 2. The van der Waals surface area contributed by atoms with Crippen LogP contribution in [0, 0.1) is 5.82 Å². The lowest BCUT2D eigenvalue weighted by molar-refractivity contribution is -0.139. The highest BCUT2D eigenvalue weighted by molar-refractivity contribution is 7.92. The Kier molecular flexibility index (Phi) is 9.06. The zero-order valence-corrected chi connectivity index (χ0v) is 21.5. The number of hydrogen-bond acceptors (Lipinski definition) is 4. The third kappa shape index (κ3) is 6.41. The maximum atomic E-state index is 13.9. The second-order valence-electron chi connectivity index (χ2n) is 8.00. The summed E-state index contributed by atoms with van der Waals surface area (Å²) in [5, 5.41) is 2.41. The van der Waals surface area contributed by atoms with Gasteiger partial charge in [-0.05, 0) is 49.7 Å². The summed E-state index contributed by atoms with van der Waals surface area (Å²) in [4.78, 5) is 27.6. The van der Waals surface area contributed by atoms with Crippen LogP contribution >= 0.6 is 11.6 Å². The summed E-state index contributed by atoms with van der Waals surface area (Å²) in [7, 11) is -4.24. The van der Waals surface area contributed by atoms with E-state index in [9.17, 15) is 22.4 Å². The number of hydrogen-bond donors (Lipinski definition) is 1. The van der Waals surface area contributed by atoms with E-state index in [0.717, 1.165) is 22.0 Å². The first-order valence-electron chi connectivity index (χ1n) is 11.3. The summed E-state index contributed by atoms with van der Waals surface area (Å²) < 4.78 is 41.9. The minimum Gasteiger partial charge on any atom is -0.355 e. The van der Waals surface area contributed by atoms with Gasteiger partial charge in [0.15, 0.2) is 0 Å². The Bertz CT molecular complexity index is 1310. The Hall–Kier alpha value is -3.43. The standard InChI is InChI=1S/C26H27ClFN3O4S/c1-3-29-26(33)19(2)30(17-20-10-6-4-7-11-20)25(32)18-31(21-14-15-24(28)23(27)16-21)36(34,35)22-12-8-5-9-13-22/h4-16,19H,3,17-18H2,1-2H3,(H,29,33). The van der Waals surface area contributed by atoms with Crippen molar-refractivity contribution in [1.82, 2.24) is 10.2 Å². The summed E-state index contributed by atoms with van der Waals surface area (Å²) in [6.07, 6.45) is 0. The molecule has 1 atom stereocenters. The van der Waals surface area contributed by atoms with Crippen LogP contribution < -0.4 is 9.62 Å². The van der Waals surface area contributed by atoms with E-state index < -0.39 is 34.3 Å². The maximum Gasteiger partial charge on any atom is 0.264 e. The summed E-state index contributed by atoms with van der Waals surface area (Å²) in [5.41, 5.74) is 0.785. The number of likely N-dealkylation sites (N-methyl/N-ethyl adjacent to an activating group) is 1. The molecule has 0 aromatic heterocycles. The molecule has 7 nitrogen and oxygen atoms in total. The molecule has 2 amide bonds. The molecular formula is C26H27ClFN3O4S. The average Bonchev–Trinajstić information content (AvgIpc) is 2.88. The fourth-order valence-electron chi connectivity index (χ4n) is 3.57. The topological polar surface area (TPSA) is 86.8 Å². The zero-order valence-electron chi connectivity index (χ0n) is 19.9. The molecule has 10 heteroatoms. The van der Waals surface area contributed by atoms with Crippen molar-refractivity contribution in [3.8, 4) is 0 Å². The van der Waals surface area contributed by atoms with Crippen LogP contribution in [0.4, 0.5) is 10.1 Å². The van der Waals surface area contributed by atoms with Crippen LogP contribution in [0.3, 0.4) is 0 Å². The largest absolute Gasteiger partial charge is 0.355 e. The molecule has 0 fully saturated rings. The molecule has 36 heavy (non-hydrogen) atoms. The Labute approximate surface area is 215 Å². The number of rotatable bonds is 10. The van der Waals surface area contributed by atoms with Gasteiger partial charge in [-0.15, -0.1) is 0 Å². The second kappa shape index (κ2) is 12.0. The van der Waals surface area contributed by atoms with Gasteiger partial charge < -0.3 is 10.2 Å². The predicted molar refractivity (Wildman–Crippen MR) is 138 cm³/mol. The monoisotopic (exact) mass is 531 g/mol. The first-order chi connectivity index (χ1) is 17.1. The van der Waals surface area contributed by atoms with Gasteiger partial charge in [0.25, 0.3) is 10.0 Å². The first kappa shape index (κ1) is 27.2. The highest BCUT2D eigenvalue weighted by Crippen LogP contribution is 2.28. The van der Waals surface area contributed by atoms with Crippen molar-refractivity contribution in [3.05, 3.63) is 95.3 Å². The molecular weight excluding hydrogens is 505 g/mol. The van der Waals surface area contributed by atoms with Gasteiger partial charge >= 0.3 is 0 Å². The number of amides is 2. The highest BCUT2D eigenvalue weighted by atomic mass is 35.5. The molecule has 0 bridgehead atoms. The smallest absolute Gasteiger partial charge is 0.264 e. The van der Waals surface area contributed by atoms with Crippen LogP contribution in [-0.2, 0) is 26.2 Å². The van der Waals surface area contributed by atoms with Gasteiger partial charge in [0.1, 0.15) is 18.4 Å². The molecule has 190 valence electrons. The van der Waals surface area contributed by atoms with E-state index in [4.69, 9.17) is 11.6 Å². The summed E-state index contributed by atoms with van der Waals surface area (Å²) in [5.74, 6) is -1.71. The van der Waals surface area contributed by atoms with E-state index in [-0.39, 0.29) is 28.1 Å². The van der Waals surface area contributed by atoms with E-state index in [1.807, 2.05) is 18.2 Å². The van der Waals surface area contributed by atoms with Crippen molar-refractivity contribution in [2.75, 3.05) is 17.4 Å². The van der Waals surface area contributed by atoms with Crippen molar-refractivity contribution in [2.24, 2.45) is 0 Å². The van der Waals surface area contributed by atoms with Crippen LogP contribution in [0.2, 0.25) is 5.02 Å². The highest BCUT2D eigenvalue weighted by Gasteiger charge is 2.32. The first-order valence-corrected chi connectivity index (χ1v) is 13.1. The van der Waals surface area contributed by atoms with E-state index in [0.29, 0.717) is 6.54 Å². The molecule has 3 rings (SSSR count). The van der Waals surface area contributed by atoms with Gasteiger partial charge in [0, 0.05) is 13.1 Å². The minimum absolute atomic E-state index is 0.0175. The normalized spacial score (nSPS) is 12.0. The lowest BCUT2D eigenvalue weighted by atomic mass is 10.1. The average molecular weight is 532 g/mol. The lowest BCUT2D eigenvalue weighted by Gasteiger charge is -2.32. The molecule has 0 aliphatic carbocycles. The maximum absolute atomic E-state index is 13.9. The van der Waals surface area contributed by atoms with Crippen molar-refractivity contribution >= 4 is 39.1 Å². The van der Waals surface area contributed by atoms with Crippen molar-refractivity contribution in [2.45, 2.75) is 31.3 Å². The van der Waals surface area contributed by atoms with Crippen molar-refractivity contribution in [3.63, 3.8) is 0 Å². The Morgan fingerprint density at radius 2 is 1.61 bits per heavy atom. The molecule has 1 N–H and O–H groups in total. The molecule has 0 aliphatic rings. The fourth-order valence-corrected chi connectivity index (χ4v) is 5.18. The van der Waals surface area contributed by atoms with E-state index in [2.05, 4.69) is 5.32 Å². The molecule has 0 heterocycles. The van der Waals surface area contributed by atoms with Gasteiger partial charge in [0.2, 0.25) is 11.8 Å². The Morgan fingerprint density at radius 1 is 1.00 bits per heavy atom. The van der Waals surface area contributed by atoms with Gasteiger partial charge in [0.05, 0.1) is 15.6 Å². The number of anilines is 1. The van der Waals surface area contributed by atoms with Gasteiger partial charge in [-0.1, -0.05) is 60.1 Å². The van der Waals surface area contributed by atoms with Crippen LogP contribution in [0.25, 0.3) is 0 Å². The molecule has 0 radical (unpaired) electrons. The number of carbonyl (C=O) groups is 2. The van der Waals surface area contributed by atoms with Crippen LogP contribution in [-0.4, -0.2) is 44.3 Å². The fraction of sp³-hybridized carbons (Fsp3) is 0.231. The summed E-state index contributed by atoms with van der Waals surface area (Å²) in [6, 6.07) is 19.2. The predicted octanol–water partition coefficient (Wildman–Crippen LogP) is 4.23. The molecule has 0 spiro atoms. The molecule has 0 saturated carbocycles. The molecule has 1 unspecified atom stereocenters. The van der Waals surface area contributed by atoms with Crippen LogP contribution in [0.15, 0.2) is 83.8 Å². The van der Waals surface area contributed by atoms with Gasteiger partial charge in [-0.3, -0.25) is 13.9 Å². The van der Waals surface area contributed by atoms with Gasteiger partial charge in [-0.2, -0.15) is 0 Å².